The molecule has 0 unspecified atom stereocenters. The Labute approximate surface area is 126 Å². The number of carbonyl (C=O) groups excluding carboxylic acids is 2. The van der Waals surface area contributed by atoms with Crippen molar-refractivity contribution in [1.82, 2.24) is 0 Å². The first kappa shape index (κ1) is 13.6. The maximum absolute atomic E-state index is 11.8. The molecule has 0 saturated heterocycles. The molecule has 0 aliphatic carbocycles. The number of hydrogen-bond acceptors (Lipinski definition) is 3. The third-order valence-corrected chi connectivity index (χ3v) is 3.31. The van der Waals surface area contributed by atoms with Crippen LogP contribution < -0.4 is 0 Å². The summed E-state index contributed by atoms with van der Waals surface area (Å²) in [4.78, 5) is 23.1. The van der Waals surface area contributed by atoms with Gasteiger partial charge in [-0.1, -0.05) is 49.4 Å². The van der Waals surface area contributed by atoms with Gasteiger partial charge in [0, 0.05) is 5.92 Å². The Balaban J connectivity index is 1.97. The van der Waals surface area contributed by atoms with Crippen LogP contribution in [0, 0.1) is 0 Å². The summed E-state index contributed by atoms with van der Waals surface area (Å²) >= 11 is 0. The maximum Gasteiger partial charge on any atom is 0.338 e. The van der Waals surface area contributed by atoms with Crippen LogP contribution in [0.1, 0.15) is 42.1 Å². The summed E-state index contributed by atoms with van der Waals surface area (Å²) in [6, 6.07) is 16.1. The van der Waals surface area contributed by atoms with Crippen LogP contribution >= 0.6 is 0 Å². The van der Waals surface area contributed by atoms with Gasteiger partial charge >= 0.3 is 5.97 Å². The Bertz CT molecular complexity index is 635. The van der Waals surface area contributed by atoms with E-state index in [2.05, 4.69) is 0 Å². The molecule has 2 aromatic carbocycles. The zero-order valence-corrected chi connectivity index (χ0v) is 11.9. The Hall–Kier alpha value is -2.42. The first-order valence-electron chi connectivity index (χ1n) is 7.43. The van der Waals surface area contributed by atoms with Crippen molar-refractivity contribution in [3.63, 3.8) is 0 Å². The number of benzene rings is 2. The number of aldehydes is 1. The zero-order chi connectivity index (χ0) is 15.9. The van der Waals surface area contributed by atoms with Crippen molar-refractivity contribution in [2.24, 2.45) is 0 Å². The van der Waals surface area contributed by atoms with Crippen LogP contribution in [0.2, 0.25) is 0 Å². The first-order chi connectivity index (χ1) is 10.6. The molecule has 0 aliphatic heterocycles. The lowest BCUT2D eigenvalue weighted by Crippen LogP contribution is -2.05. The molecule has 0 radical (unpaired) electrons. The quantitative estimate of drug-likeness (QED) is 0.599. The average molecular weight is 284 g/mol. The predicted octanol–water partition coefficient (Wildman–Crippen LogP) is 3.74. The average Bonchev–Trinajstić information content (AvgIpc) is 2.55. The van der Waals surface area contributed by atoms with Gasteiger partial charge in [-0.2, -0.15) is 0 Å². The minimum Gasteiger partial charge on any atom is -0.457 e. The SMILES string of the molecule is [3H]C(=O)[C@@H](CC)c1ccc(COC(=O)c2ccccc2)cc1. The smallest absolute Gasteiger partial charge is 0.338 e. The molecule has 0 aromatic heterocycles. The van der Waals surface area contributed by atoms with Crippen LogP contribution in [0.25, 0.3) is 0 Å². The van der Waals surface area contributed by atoms with Crippen molar-refractivity contribution >= 4 is 12.2 Å². The number of rotatable bonds is 6. The normalized spacial score (nSPS) is 12.3. The van der Waals surface area contributed by atoms with E-state index in [0.29, 0.717) is 12.0 Å². The Morgan fingerprint density at radius 2 is 1.86 bits per heavy atom. The molecule has 2 aromatic rings. The lowest BCUT2D eigenvalue weighted by Gasteiger charge is -2.09. The fourth-order valence-electron chi connectivity index (χ4n) is 2.04. The van der Waals surface area contributed by atoms with Crippen LogP contribution in [0.3, 0.4) is 0 Å². The monoisotopic (exact) mass is 284 g/mol. The highest BCUT2D eigenvalue weighted by Crippen LogP contribution is 2.18. The molecule has 3 heteroatoms. The number of hydrogen-bond donors (Lipinski definition) is 0. The predicted molar refractivity (Wildman–Crippen MR) is 81.1 cm³/mol. The summed E-state index contributed by atoms with van der Waals surface area (Å²) < 4.78 is 12.5. The minimum atomic E-state index is -0.578. The summed E-state index contributed by atoms with van der Waals surface area (Å²) in [7, 11) is 0. The molecule has 0 spiro atoms. The van der Waals surface area contributed by atoms with E-state index in [1.54, 1.807) is 24.3 Å². The third kappa shape index (κ3) is 4.02. The highest BCUT2D eigenvalue weighted by Gasteiger charge is 2.09. The Morgan fingerprint density at radius 3 is 2.43 bits per heavy atom. The van der Waals surface area contributed by atoms with Gasteiger partial charge in [-0.05, 0) is 29.7 Å². The molecule has 2 rings (SSSR count). The van der Waals surface area contributed by atoms with Gasteiger partial charge in [0.1, 0.15) is 14.2 Å². The molecule has 0 saturated carbocycles. The molecule has 1 atom stereocenters. The third-order valence-electron chi connectivity index (χ3n) is 3.31. The fourth-order valence-corrected chi connectivity index (χ4v) is 2.04. The molecule has 0 fully saturated rings. The molecule has 0 bridgehead atoms. The van der Waals surface area contributed by atoms with Gasteiger partial charge < -0.3 is 9.53 Å². The van der Waals surface area contributed by atoms with Crippen molar-refractivity contribution in [3.05, 3.63) is 71.3 Å². The maximum atomic E-state index is 11.8. The molecule has 3 nitrogen and oxygen atoms in total. The number of carbonyl (C=O) groups is 2. The lowest BCUT2D eigenvalue weighted by molar-refractivity contribution is -0.109. The van der Waals surface area contributed by atoms with E-state index < -0.39 is 6.26 Å². The van der Waals surface area contributed by atoms with Gasteiger partial charge in [-0.15, -0.1) is 0 Å². The summed E-state index contributed by atoms with van der Waals surface area (Å²) in [6.07, 6.45) is 0.0239. The first-order valence-corrected chi connectivity index (χ1v) is 6.93. The van der Waals surface area contributed by atoms with E-state index in [0.717, 1.165) is 11.1 Å². The second-order valence-corrected chi connectivity index (χ2v) is 4.76. The van der Waals surface area contributed by atoms with Crippen LogP contribution in [-0.2, 0) is 16.1 Å². The van der Waals surface area contributed by atoms with Crippen molar-refractivity contribution in [3.8, 4) is 0 Å². The van der Waals surface area contributed by atoms with E-state index in [1.165, 1.54) is 0 Å². The zero-order valence-electron chi connectivity index (χ0n) is 12.9. The van der Waals surface area contributed by atoms with Gasteiger partial charge in [-0.25, -0.2) is 4.79 Å². The summed E-state index contributed by atoms with van der Waals surface area (Å²) in [5.74, 6) is -0.752. The lowest BCUT2D eigenvalue weighted by atomic mass is 9.97. The van der Waals surface area contributed by atoms with E-state index >= 15 is 0 Å². The van der Waals surface area contributed by atoms with E-state index in [9.17, 15) is 9.59 Å². The van der Waals surface area contributed by atoms with Crippen LogP contribution in [0.5, 0.6) is 0 Å². The van der Waals surface area contributed by atoms with Crippen molar-refractivity contribution < 1.29 is 15.7 Å². The molecule has 0 aliphatic rings. The van der Waals surface area contributed by atoms with E-state index in [1.807, 2.05) is 37.3 Å². The Morgan fingerprint density at radius 1 is 1.19 bits per heavy atom. The molecule has 21 heavy (non-hydrogen) atoms. The highest BCUT2D eigenvalue weighted by molar-refractivity contribution is 5.89. The summed E-state index contributed by atoms with van der Waals surface area (Å²) in [5.41, 5.74) is 2.19. The molecule has 0 heterocycles. The van der Waals surface area contributed by atoms with Gasteiger partial charge in [0.05, 0.1) is 5.56 Å². The van der Waals surface area contributed by atoms with Gasteiger partial charge in [-0.3, -0.25) is 0 Å². The fraction of sp³-hybridized carbons (Fsp3) is 0.222. The second kappa shape index (κ2) is 7.39. The van der Waals surface area contributed by atoms with Crippen LogP contribution in [0.15, 0.2) is 54.6 Å². The highest BCUT2D eigenvalue weighted by atomic mass is 16.5. The Kier molecular flexibility index (Phi) is 4.77. The van der Waals surface area contributed by atoms with E-state index in [4.69, 9.17) is 6.11 Å². The molecule has 108 valence electrons. The van der Waals surface area contributed by atoms with Crippen molar-refractivity contribution in [2.75, 3.05) is 0 Å². The summed E-state index contributed by atoms with van der Waals surface area (Å²) in [5, 5.41) is 0. The van der Waals surface area contributed by atoms with Crippen molar-refractivity contribution in [1.29, 1.82) is 0 Å². The molecular weight excluding hydrogens is 264 g/mol. The van der Waals surface area contributed by atoms with Crippen LogP contribution in [-0.4, -0.2) is 12.2 Å². The van der Waals surface area contributed by atoms with Crippen molar-refractivity contribution in [2.45, 2.75) is 25.9 Å². The standard InChI is InChI=1S/C18H18O3/c1-2-15(12-19)16-10-8-14(9-11-16)13-21-18(20)17-6-4-3-5-7-17/h3-12,15H,2,13H2,1H3/t15-/m1/s1/i12T. The minimum absolute atomic E-state index is 0.180. The van der Waals surface area contributed by atoms with Crippen LogP contribution in [0.4, 0.5) is 0 Å². The topological polar surface area (TPSA) is 43.4 Å². The van der Waals surface area contributed by atoms with E-state index in [-0.39, 0.29) is 18.5 Å². The van der Waals surface area contributed by atoms with Gasteiger partial charge in [0.2, 0.25) is 0 Å². The molecular formula is C18H18O3. The number of esters is 1. The number of ether oxygens (including phenoxy) is 1. The second-order valence-electron chi connectivity index (χ2n) is 4.76. The largest absolute Gasteiger partial charge is 0.457 e. The molecule has 0 amide bonds. The summed E-state index contributed by atoms with van der Waals surface area (Å²) in [6.45, 7) is 2.06. The van der Waals surface area contributed by atoms with Gasteiger partial charge in [0.15, 0.2) is 0 Å². The van der Waals surface area contributed by atoms with Gasteiger partial charge in [0.25, 0.3) is 0 Å². The molecule has 0 N–H and O–H groups in total.